The van der Waals surface area contributed by atoms with Crippen LogP contribution in [-0.4, -0.2) is 59.9 Å². The van der Waals surface area contributed by atoms with Crippen molar-refractivity contribution in [3.8, 4) is 17.2 Å². The Bertz CT molecular complexity index is 845. The van der Waals surface area contributed by atoms with Crippen molar-refractivity contribution in [2.24, 2.45) is 4.99 Å². The van der Waals surface area contributed by atoms with Crippen LogP contribution in [0.25, 0.3) is 0 Å². The zero-order valence-corrected chi connectivity index (χ0v) is 18.0. The Kier molecular flexibility index (Phi) is 8.23. The molecule has 1 atom stereocenters. The number of rotatable bonds is 8. The van der Waals surface area contributed by atoms with Crippen LogP contribution in [0.5, 0.6) is 17.2 Å². The minimum Gasteiger partial charge on any atom is -0.493 e. The number of benzene rings is 2. The van der Waals surface area contributed by atoms with Crippen molar-refractivity contribution in [2.45, 2.75) is 6.04 Å². The minimum absolute atomic E-state index is 0.00163. The molecule has 0 aliphatic rings. The quantitative estimate of drug-likeness (QED) is 0.503. The van der Waals surface area contributed by atoms with E-state index < -0.39 is 17.7 Å². The molecule has 0 saturated heterocycles. The molecule has 1 unspecified atom stereocenters. The largest absolute Gasteiger partial charge is 0.493 e. The monoisotopic (exact) mass is 422 g/mol. The molecule has 30 heavy (non-hydrogen) atoms. The number of hydrogen-bond acceptors (Lipinski definition) is 5. The molecule has 9 heteroatoms. The van der Waals surface area contributed by atoms with Gasteiger partial charge in [-0.3, -0.25) is 4.99 Å². The number of halogens is 2. The van der Waals surface area contributed by atoms with Crippen LogP contribution in [-0.2, 0) is 0 Å². The van der Waals surface area contributed by atoms with Gasteiger partial charge in [0, 0.05) is 37.0 Å². The number of guanidine groups is 1. The van der Waals surface area contributed by atoms with Crippen LogP contribution in [0.3, 0.4) is 0 Å². The average molecular weight is 422 g/mol. The Labute approximate surface area is 175 Å². The van der Waals surface area contributed by atoms with Crippen LogP contribution in [0.15, 0.2) is 35.3 Å². The van der Waals surface area contributed by atoms with Gasteiger partial charge >= 0.3 is 0 Å². The van der Waals surface area contributed by atoms with Gasteiger partial charge in [-0.05, 0) is 26.2 Å². The summed E-state index contributed by atoms with van der Waals surface area (Å²) in [4.78, 5) is 5.92. The van der Waals surface area contributed by atoms with Crippen LogP contribution < -0.4 is 24.8 Å². The van der Waals surface area contributed by atoms with Crippen LogP contribution in [0.4, 0.5) is 14.5 Å². The minimum atomic E-state index is -0.594. The van der Waals surface area contributed by atoms with Gasteiger partial charge in [-0.25, -0.2) is 8.78 Å². The van der Waals surface area contributed by atoms with Crippen molar-refractivity contribution < 1.29 is 23.0 Å². The summed E-state index contributed by atoms with van der Waals surface area (Å²) in [6.07, 6.45) is 0. The third-order valence-electron chi connectivity index (χ3n) is 4.57. The molecule has 0 heterocycles. The molecule has 0 spiro atoms. The van der Waals surface area contributed by atoms with E-state index in [1.165, 1.54) is 39.5 Å². The number of aliphatic imine (C=N–C) groups is 1. The summed E-state index contributed by atoms with van der Waals surface area (Å²) in [6.45, 7) is 0.217. The highest BCUT2D eigenvalue weighted by Gasteiger charge is 2.22. The number of ether oxygens (including phenoxy) is 3. The van der Waals surface area contributed by atoms with Crippen molar-refractivity contribution in [3.05, 3.63) is 47.5 Å². The van der Waals surface area contributed by atoms with Gasteiger partial charge in [-0.2, -0.15) is 0 Å². The van der Waals surface area contributed by atoms with Crippen molar-refractivity contribution in [1.29, 1.82) is 0 Å². The van der Waals surface area contributed by atoms with E-state index in [4.69, 9.17) is 14.2 Å². The molecule has 0 amide bonds. The molecule has 0 aliphatic heterocycles. The number of anilines is 1. The van der Waals surface area contributed by atoms with Gasteiger partial charge in [-0.15, -0.1) is 0 Å². The lowest BCUT2D eigenvalue weighted by atomic mass is 10.0. The van der Waals surface area contributed by atoms with Crippen LogP contribution in [0.1, 0.15) is 11.6 Å². The van der Waals surface area contributed by atoms with Crippen molar-refractivity contribution in [1.82, 2.24) is 10.2 Å². The summed E-state index contributed by atoms with van der Waals surface area (Å²) < 4.78 is 44.6. The van der Waals surface area contributed by atoms with Crippen molar-refractivity contribution >= 4 is 11.6 Å². The van der Waals surface area contributed by atoms with E-state index in [2.05, 4.69) is 15.6 Å². The normalized spacial score (nSPS) is 12.5. The predicted molar refractivity (Wildman–Crippen MR) is 114 cm³/mol. The molecule has 2 rings (SSSR count). The van der Waals surface area contributed by atoms with Gasteiger partial charge in [0.05, 0.1) is 27.4 Å². The summed E-state index contributed by atoms with van der Waals surface area (Å²) in [5.41, 5.74) is 0.634. The molecule has 2 N–H and O–H groups in total. The summed E-state index contributed by atoms with van der Waals surface area (Å²) >= 11 is 0. The molecule has 0 aliphatic carbocycles. The number of nitrogens with zero attached hydrogens (tertiary/aromatic N) is 2. The van der Waals surface area contributed by atoms with Gasteiger partial charge in [0.2, 0.25) is 5.75 Å². The summed E-state index contributed by atoms with van der Waals surface area (Å²) in [5, 5.41) is 6.23. The number of hydrogen-bond donors (Lipinski definition) is 2. The van der Waals surface area contributed by atoms with Crippen LogP contribution in [0.2, 0.25) is 0 Å². The second-order valence-corrected chi connectivity index (χ2v) is 6.61. The third kappa shape index (κ3) is 5.29. The van der Waals surface area contributed by atoms with E-state index in [1.54, 1.807) is 38.2 Å². The fourth-order valence-corrected chi connectivity index (χ4v) is 3.03. The van der Waals surface area contributed by atoms with Gasteiger partial charge < -0.3 is 29.7 Å². The van der Waals surface area contributed by atoms with Crippen molar-refractivity contribution in [2.75, 3.05) is 54.3 Å². The maximum absolute atomic E-state index is 14.3. The van der Waals surface area contributed by atoms with Gasteiger partial charge in [0.1, 0.15) is 11.6 Å². The molecule has 2 aromatic carbocycles. The lowest BCUT2D eigenvalue weighted by Gasteiger charge is -2.26. The third-order valence-corrected chi connectivity index (χ3v) is 4.57. The average Bonchev–Trinajstić information content (AvgIpc) is 2.73. The lowest BCUT2D eigenvalue weighted by molar-refractivity contribution is 0.283. The zero-order chi connectivity index (χ0) is 22.3. The highest BCUT2D eigenvalue weighted by Crippen LogP contribution is 2.39. The molecule has 164 valence electrons. The number of nitrogens with one attached hydrogen (secondary N) is 2. The zero-order valence-electron chi connectivity index (χ0n) is 18.0. The second kappa shape index (κ2) is 10.6. The van der Waals surface area contributed by atoms with Gasteiger partial charge in [0.25, 0.3) is 0 Å². The molecular formula is C21H28F2N4O3. The van der Waals surface area contributed by atoms with Gasteiger partial charge in [-0.1, -0.05) is 6.07 Å². The standard InChI is InChI=1S/C21H28F2N4O3/c1-24-21(26-13-10-17(28-4)20(30-6)18(11-13)29-5)25-12-16(27(2)3)19-14(22)8-7-9-15(19)23/h7-11,16H,12H2,1-6H3,(H2,24,25,26). The van der Waals surface area contributed by atoms with Crippen molar-refractivity contribution in [3.63, 3.8) is 0 Å². The number of likely N-dealkylation sites (N-methyl/N-ethyl adjacent to an activating group) is 1. The maximum atomic E-state index is 14.3. The maximum Gasteiger partial charge on any atom is 0.203 e. The second-order valence-electron chi connectivity index (χ2n) is 6.61. The fourth-order valence-electron chi connectivity index (χ4n) is 3.03. The summed E-state index contributed by atoms with van der Waals surface area (Å²) in [7, 11) is 9.69. The Morgan fingerprint density at radius 3 is 2.03 bits per heavy atom. The first-order valence-corrected chi connectivity index (χ1v) is 9.24. The molecule has 0 aromatic heterocycles. The SMILES string of the molecule is CN=C(NCC(c1c(F)cccc1F)N(C)C)Nc1cc(OC)c(OC)c(OC)c1. The highest BCUT2D eigenvalue weighted by atomic mass is 19.1. The molecule has 0 radical (unpaired) electrons. The Hall–Kier alpha value is -3.07. The van der Waals surface area contributed by atoms with E-state index in [9.17, 15) is 8.78 Å². The van der Waals surface area contributed by atoms with E-state index in [1.807, 2.05) is 0 Å². The molecule has 7 nitrogen and oxygen atoms in total. The molecule has 0 bridgehead atoms. The van der Waals surface area contributed by atoms with Crippen LogP contribution in [0, 0.1) is 11.6 Å². The van der Waals surface area contributed by atoms with E-state index in [0.717, 1.165) is 0 Å². The Morgan fingerprint density at radius 1 is 1.03 bits per heavy atom. The molecule has 0 saturated carbocycles. The van der Waals surface area contributed by atoms with E-state index in [-0.39, 0.29) is 12.1 Å². The fraction of sp³-hybridized carbons (Fsp3) is 0.381. The Balaban J connectivity index is 2.21. The summed E-state index contributed by atoms with van der Waals surface area (Å²) in [5.74, 6) is 0.652. The first-order valence-electron chi connectivity index (χ1n) is 9.24. The first kappa shape index (κ1) is 23.2. The van der Waals surface area contributed by atoms with Gasteiger partial charge in [0.15, 0.2) is 17.5 Å². The van der Waals surface area contributed by atoms with E-state index >= 15 is 0 Å². The number of methoxy groups -OCH3 is 3. The van der Waals surface area contributed by atoms with E-state index in [0.29, 0.717) is 28.9 Å². The predicted octanol–water partition coefficient (Wildman–Crippen LogP) is 3.28. The molecular weight excluding hydrogens is 394 g/mol. The topological polar surface area (TPSA) is 67.4 Å². The Morgan fingerprint density at radius 2 is 1.60 bits per heavy atom. The summed E-state index contributed by atoms with van der Waals surface area (Å²) in [6, 6.07) is 6.75. The van der Waals surface area contributed by atoms with Crippen LogP contribution >= 0.6 is 0 Å². The highest BCUT2D eigenvalue weighted by molar-refractivity contribution is 5.94. The molecule has 0 fully saturated rings. The smallest absolute Gasteiger partial charge is 0.203 e. The first-order chi connectivity index (χ1) is 14.4. The molecule has 2 aromatic rings. The lowest BCUT2D eigenvalue weighted by Crippen LogP contribution is -2.38.